The Morgan fingerprint density at radius 1 is 1.00 bits per heavy atom. The van der Waals surface area contributed by atoms with Crippen molar-refractivity contribution in [2.75, 3.05) is 0 Å². The molecule has 0 saturated carbocycles. The number of ketones is 1. The fraction of sp³-hybridized carbons (Fsp3) is 0.0476. The molecule has 136 valence electrons. The molecule has 0 aliphatic heterocycles. The Morgan fingerprint density at radius 2 is 1.79 bits per heavy atom. The van der Waals surface area contributed by atoms with Gasteiger partial charge in [0.05, 0.1) is 18.4 Å². The zero-order valence-electron chi connectivity index (χ0n) is 14.7. The van der Waals surface area contributed by atoms with Crippen LogP contribution in [0.2, 0.25) is 0 Å². The minimum absolute atomic E-state index is 0.0832. The number of nitrogens with one attached hydrogen (secondary N) is 1. The predicted octanol–water partition coefficient (Wildman–Crippen LogP) is 2.95. The van der Waals surface area contributed by atoms with Gasteiger partial charge in [0, 0.05) is 22.7 Å². The molecule has 0 aliphatic carbocycles. The monoisotopic (exact) mass is 369 g/mol. The molecule has 3 heterocycles. The van der Waals surface area contributed by atoms with Crippen molar-refractivity contribution in [3.05, 3.63) is 89.2 Å². The standard InChI is InChI=1S/C21H15N5O2/c27-19(16-10-22-18-9-5-4-8-15(16)18)12-25-13-23-20-17(21(25)28)11-24-26(20)14-6-2-1-3-7-14/h1-11,13,22H,12H2. The molecule has 5 rings (SSSR count). The van der Waals surface area contributed by atoms with Crippen molar-refractivity contribution in [3.63, 3.8) is 0 Å². The number of para-hydroxylation sites is 2. The van der Waals surface area contributed by atoms with Gasteiger partial charge in [0.1, 0.15) is 11.7 Å². The number of hydrogen-bond donors (Lipinski definition) is 1. The van der Waals surface area contributed by atoms with Crippen molar-refractivity contribution < 1.29 is 4.79 Å². The second-order valence-corrected chi connectivity index (χ2v) is 6.48. The van der Waals surface area contributed by atoms with Crippen LogP contribution in [0.1, 0.15) is 10.4 Å². The number of hydrogen-bond acceptors (Lipinski definition) is 4. The maximum Gasteiger partial charge on any atom is 0.264 e. The van der Waals surface area contributed by atoms with E-state index in [1.54, 1.807) is 10.9 Å². The van der Waals surface area contributed by atoms with E-state index >= 15 is 0 Å². The van der Waals surface area contributed by atoms with E-state index in [0.29, 0.717) is 16.6 Å². The molecule has 0 unspecified atom stereocenters. The molecule has 0 amide bonds. The van der Waals surface area contributed by atoms with Gasteiger partial charge in [-0.3, -0.25) is 14.2 Å². The van der Waals surface area contributed by atoms with E-state index in [2.05, 4.69) is 15.1 Å². The van der Waals surface area contributed by atoms with E-state index in [1.807, 2.05) is 54.6 Å². The number of rotatable bonds is 4. The third kappa shape index (κ3) is 2.52. The molecule has 0 spiro atoms. The number of Topliss-reactive ketones (excluding diaryl/α,β-unsaturated/α-hetero) is 1. The third-order valence-electron chi connectivity index (χ3n) is 4.76. The normalized spacial score (nSPS) is 11.3. The summed E-state index contributed by atoms with van der Waals surface area (Å²) in [6.45, 7) is -0.0832. The van der Waals surface area contributed by atoms with Crippen LogP contribution in [0, 0.1) is 0 Å². The van der Waals surface area contributed by atoms with Gasteiger partial charge in [-0.05, 0) is 18.2 Å². The highest BCUT2D eigenvalue weighted by atomic mass is 16.1. The van der Waals surface area contributed by atoms with Crippen molar-refractivity contribution in [1.29, 1.82) is 0 Å². The highest BCUT2D eigenvalue weighted by Gasteiger charge is 2.16. The molecule has 0 radical (unpaired) electrons. The molecule has 0 bridgehead atoms. The zero-order chi connectivity index (χ0) is 19.1. The second-order valence-electron chi connectivity index (χ2n) is 6.48. The summed E-state index contributed by atoms with van der Waals surface area (Å²) in [6.07, 6.45) is 4.57. The number of nitrogens with zero attached hydrogens (tertiary/aromatic N) is 4. The van der Waals surface area contributed by atoms with E-state index in [1.165, 1.54) is 17.1 Å². The predicted molar refractivity (Wildman–Crippen MR) is 106 cm³/mol. The zero-order valence-corrected chi connectivity index (χ0v) is 14.7. The van der Waals surface area contributed by atoms with Crippen molar-refractivity contribution in [3.8, 4) is 5.69 Å². The Kier molecular flexibility index (Phi) is 3.65. The van der Waals surface area contributed by atoms with Gasteiger partial charge >= 0.3 is 0 Å². The number of carbonyl (C=O) groups is 1. The van der Waals surface area contributed by atoms with E-state index < -0.39 is 0 Å². The maximum absolute atomic E-state index is 12.9. The first-order valence-electron chi connectivity index (χ1n) is 8.80. The first-order valence-corrected chi connectivity index (χ1v) is 8.80. The van der Waals surface area contributed by atoms with Gasteiger partial charge in [-0.15, -0.1) is 0 Å². The number of benzene rings is 2. The largest absolute Gasteiger partial charge is 0.360 e. The van der Waals surface area contributed by atoms with E-state index in [4.69, 9.17) is 0 Å². The first kappa shape index (κ1) is 16.2. The molecule has 0 fully saturated rings. The van der Waals surface area contributed by atoms with Crippen LogP contribution >= 0.6 is 0 Å². The smallest absolute Gasteiger partial charge is 0.264 e. The molecule has 0 saturated heterocycles. The van der Waals surface area contributed by atoms with Crippen LogP contribution in [0.25, 0.3) is 27.6 Å². The molecular formula is C21H15N5O2. The Hall–Kier alpha value is -4.00. The Morgan fingerprint density at radius 3 is 2.64 bits per heavy atom. The Bertz CT molecular complexity index is 1380. The molecule has 7 nitrogen and oxygen atoms in total. The number of fused-ring (bicyclic) bond motifs is 2. The molecular weight excluding hydrogens is 354 g/mol. The van der Waals surface area contributed by atoms with Crippen LogP contribution in [0.3, 0.4) is 0 Å². The summed E-state index contributed by atoms with van der Waals surface area (Å²) in [4.78, 5) is 33.1. The highest BCUT2D eigenvalue weighted by molar-refractivity contribution is 6.07. The first-order chi connectivity index (χ1) is 13.7. The molecule has 0 atom stereocenters. The molecule has 7 heteroatoms. The lowest BCUT2D eigenvalue weighted by Gasteiger charge is -2.05. The van der Waals surface area contributed by atoms with Gasteiger partial charge < -0.3 is 4.98 Å². The summed E-state index contributed by atoms with van der Waals surface area (Å²) in [5.74, 6) is -0.156. The highest BCUT2D eigenvalue weighted by Crippen LogP contribution is 2.19. The summed E-state index contributed by atoms with van der Waals surface area (Å²) in [7, 11) is 0. The van der Waals surface area contributed by atoms with Crippen LogP contribution in [-0.2, 0) is 6.54 Å². The summed E-state index contributed by atoms with van der Waals surface area (Å²) >= 11 is 0. The maximum atomic E-state index is 12.9. The lowest BCUT2D eigenvalue weighted by Crippen LogP contribution is -2.24. The topological polar surface area (TPSA) is 85.6 Å². The summed E-state index contributed by atoms with van der Waals surface area (Å²) in [5.41, 5.74) is 2.43. The van der Waals surface area contributed by atoms with Crippen LogP contribution in [0.4, 0.5) is 0 Å². The molecule has 0 aliphatic rings. The van der Waals surface area contributed by atoms with Gasteiger partial charge in [0.25, 0.3) is 5.56 Å². The van der Waals surface area contributed by atoms with Crippen molar-refractivity contribution in [1.82, 2.24) is 24.3 Å². The van der Waals surface area contributed by atoms with Crippen LogP contribution in [0.15, 0.2) is 78.1 Å². The lowest BCUT2D eigenvalue weighted by molar-refractivity contribution is 0.0972. The van der Waals surface area contributed by atoms with Crippen molar-refractivity contribution in [2.24, 2.45) is 0 Å². The van der Waals surface area contributed by atoms with Gasteiger partial charge in [0.15, 0.2) is 11.4 Å². The average molecular weight is 369 g/mol. The van der Waals surface area contributed by atoms with Gasteiger partial charge in [-0.25, -0.2) is 9.67 Å². The number of H-pyrrole nitrogens is 1. The summed E-state index contributed by atoms with van der Waals surface area (Å²) in [5, 5.41) is 5.50. The van der Waals surface area contributed by atoms with Crippen molar-refractivity contribution in [2.45, 2.75) is 6.54 Å². The Balaban J connectivity index is 1.53. The average Bonchev–Trinajstić information content (AvgIpc) is 3.35. The van der Waals surface area contributed by atoms with Gasteiger partial charge in [-0.1, -0.05) is 36.4 Å². The minimum Gasteiger partial charge on any atom is -0.360 e. The fourth-order valence-electron chi connectivity index (χ4n) is 3.36. The summed E-state index contributed by atoms with van der Waals surface area (Å²) in [6, 6.07) is 17.0. The third-order valence-corrected chi connectivity index (χ3v) is 4.76. The number of aromatic amines is 1. The second kappa shape index (κ2) is 6.31. The Labute approximate surface area is 158 Å². The van der Waals surface area contributed by atoms with Crippen LogP contribution in [0.5, 0.6) is 0 Å². The summed E-state index contributed by atoms with van der Waals surface area (Å²) < 4.78 is 2.94. The number of carbonyl (C=O) groups excluding carboxylic acids is 1. The van der Waals surface area contributed by atoms with Gasteiger partial charge in [0.2, 0.25) is 0 Å². The van der Waals surface area contributed by atoms with Gasteiger partial charge in [-0.2, -0.15) is 5.10 Å². The molecule has 28 heavy (non-hydrogen) atoms. The van der Waals surface area contributed by atoms with E-state index in [0.717, 1.165) is 16.6 Å². The fourth-order valence-corrected chi connectivity index (χ4v) is 3.36. The molecule has 2 aromatic carbocycles. The lowest BCUT2D eigenvalue weighted by atomic mass is 10.1. The number of aromatic nitrogens is 5. The SMILES string of the molecule is O=C(Cn1cnc2c(cnn2-c2ccccc2)c1=O)c1c[nH]c2ccccc12. The molecule has 1 N–H and O–H groups in total. The van der Waals surface area contributed by atoms with E-state index in [9.17, 15) is 9.59 Å². The quantitative estimate of drug-likeness (QED) is 0.494. The molecule has 5 aromatic rings. The van der Waals surface area contributed by atoms with Crippen LogP contribution in [-0.4, -0.2) is 30.1 Å². The van der Waals surface area contributed by atoms with E-state index in [-0.39, 0.29) is 17.9 Å². The molecule has 3 aromatic heterocycles. The minimum atomic E-state index is -0.291. The van der Waals surface area contributed by atoms with Crippen molar-refractivity contribution >= 4 is 27.7 Å². The van der Waals surface area contributed by atoms with Crippen LogP contribution < -0.4 is 5.56 Å².